The van der Waals surface area contributed by atoms with E-state index >= 15 is 0 Å². The number of allylic oxidation sites excluding steroid dienone is 1. The Balaban J connectivity index is 1.34. The monoisotopic (exact) mass is 656 g/mol. The maximum absolute atomic E-state index is 14.1. The summed E-state index contributed by atoms with van der Waals surface area (Å²) in [4.78, 5) is 52.6. The molecule has 5 atom stereocenters. The molecule has 1 aliphatic heterocycles. The minimum Gasteiger partial charge on any atom is -0.497 e. The molecule has 3 aliphatic rings. The minimum atomic E-state index is -1.11. The summed E-state index contributed by atoms with van der Waals surface area (Å²) in [7, 11) is 5.02. The third-order valence-electron chi connectivity index (χ3n) is 9.92. The van der Waals surface area contributed by atoms with Crippen molar-refractivity contribution in [3.8, 4) is 28.8 Å². The van der Waals surface area contributed by atoms with Gasteiger partial charge in [0.05, 0.1) is 43.6 Å². The summed E-state index contributed by atoms with van der Waals surface area (Å²) in [6, 6.07) is 11.2. The Hall–Kier alpha value is -4.67. The average Bonchev–Trinajstić information content (AvgIpc) is 3.62. The number of hydrogen-bond donors (Lipinski definition) is 1. The number of aryl methyl sites for hydroxylation is 1. The standard InChI is InChI=1S/C37H44N4O7/c1-6-47-36(44)37-21-24(37)11-9-7-8-10-18-41(3)35(43)29-20-26(19-28(29)33(42)40-37)48-34-27-16-17-30(46-5)22(2)31(27)38-32(39-34)23-12-14-25(45-4)15-13-23/h9,11-17,24,26,28-29H,6-8,10,18-21H2,1-5H3,(H,40,42)/b11-9-. The number of aromatic nitrogens is 2. The molecule has 2 fully saturated rings. The van der Waals surface area contributed by atoms with Crippen molar-refractivity contribution in [2.45, 2.75) is 64.0 Å². The fourth-order valence-electron chi connectivity index (χ4n) is 7.06. The van der Waals surface area contributed by atoms with Crippen LogP contribution in [-0.4, -0.2) is 78.7 Å². The lowest BCUT2D eigenvalue weighted by Gasteiger charge is -2.26. The van der Waals surface area contributed by atoms with Crippen LogP contribution < -0.4 is 19.5 Å². The van der Waals surface area contributed by atoms with Gasteiger partial charge in [-0.1, -0.05) is 12.2 Å². The maximum Gasteiger partial charge on any atom is 0.332 e. The highest BCUT2D eigenvalue weighted by Crippen LogP contribution is 2.47. The van der Waals surface area contributed by atoms with Gasteiger partial charge >= 0.3 is 5.97 Å². The molecule has 11 heteroatoms. The van der Waals surface area contributed by atoms with Crippen molar-refractivity contribution in [1.82, 2.24) is 20.2 Å². The Kier molecular flexibility index (Phi) is 9.57. The molecule has 254 valence electrons. The molecular weight excluding hydrogens is 612 g/mol. The quantitative estimate of drug-likeness (QED) is 0.275. The van der Waals surface area contributed by atoms with E-state index in [1.54, 1.807) is 33.1 Å². The number of benzene rings is 2. The van der Waals surface area contributed by atoms with Crippen molar-refractivity contribution in [2.75, 3.05) is 34.4 Å². The lowest BCUT2D eigenvalue weighted by Crippen LogP contribution is -2.50. The van der Waals surface area contributed by atoms with Crippen LogP contribution in [0.25, 0.3) is 22.3 Å². The van der Waals surface area contributed by atoms with Crippen LogP contribution in [0.1, 0.15) is 51.0 Å². The van der Waals surface area contributed by atoms with Gasteiger partial charge in [-0.05, 0) is 88.8 Å². The number of carbonyl (C=O) groups is 3. The first kappa shape index (κ1) is 33.2. The van der Waals surface area contributed by atoms with Gasteiger partial charge in [-0.3, -0.25) is 9.59 Å². The first-order valence-corrected chi connectivity index (χ1v) is 16.8. The van der Waals surface area contributed by atoms with E-state index in [9.17, 15) is 14.4 Å². The molecule has 6 rings (SSSR count). The number of amides is 2. The van der Waals surface area contributed by atoms with E-state index in [-0.39, 0.29) is 30.8 Å². The Labute approximate surface area is 281 Å². The smallest absolute Gasteiger partial charge is 0.332 e. The Morgan fingerprint density at radius 3 is 2.52 bits per heavy atom. The predicted molar refractivity (Wildman–Crippen MR) is 180 cm³/mol. The highest BCUT2D eigenvalue weighted by atomic mass is 16.5. The molecule has 0 spiro atoms. The Morgan fingerprint density at radius 2 is 1.79 bits per heavy atom. The van der Waals surface area contributed by atoms with Gasteiger partial charge in [0.1, 0.15) is 23.1 Å². The number of rotatable bonds is 7. The summed E-state index contributed by atoms with van der Waals surface area (Å²) < 4.78 is 23.0. The highest BCUT2D eigenvalue weighted by molar-refractivity contribution is 5.95. The molecule has 2 aliphatic carbocycles. The van der Waals surface area contributed by atoms with Crippen molar-refractivity contribution < 1.29 is 33.3 Å². The van der Waals surface area contributed by atoms with E-state index in [1.807, 2.05) is 49.4 Å². The molecule has 2 amide bonds. The Morgan fingerprint density at radius 1 is 1.02 bits per heavy atom. The molecule has 11 nitrogen and oxygen atoms in total. The van der Waals surface area contributed by atoms with Crippen LogP contribution in [0.3, 0.4) is 0 Å². The number of nitrogens with zero attached hydrogens (tertiary/aromatic N) is 3. The molecule has 1 N–H and O–H groups in total. The fraction of sp³-hybridized carbons (Fsp3) is 0.486. The van der Waals surface area contributed by atoms with Crippen LogP contribution in [0, 0.1) is 24.7 Å². The second-order valence-corrected chi connectivity index (χ2v) is 13.0. The van der Waals surface area contributed by atoms with Crippen LogP contribution in [0.2, 0.25) is 0 Å². The van der Waals surface area contributed by atoms with Gasteiger partial charge < -0.3 is 29.2 Å². The summed E-state index contributed by atoms with van der Waals surface area (Å²) in [6.07, 6.45) is 7.28. The third-order valence-corrected chi connectivity index (χ3v) is 9.92. The zero-order valence-electron chi connectivity index (χ0n) is 28.3. The number of esters is 1. The molecule has 2 heterocycles. The molecule has 3 aromatic rings. The lowest BCUT2D eigenvalue weighted by atomic mass is 9.93. The zero-order valence-corrected chi connectivity index (χ0v) is 28.3. The largest absolute Gasteiger partial charge is 0.497 e. The van der Waals surface area contributed by atoms with E-state index in [0.29, 0.717) is 53.5 Å². The van der Waals surface area contributed by atoms with Crippen LogP contribution >= 0.6 is 0 Å². The van der Waals surface area contributed by atoms with Gasteiger partial charge in [0.15, 0.2) is 5.82 Å². The van der Waals surface area contributed by atoms with E-state index in [2.05, 4.69) is 11.4 Å². The van der Waals surface area contributed by atoms with Crippen molar-refractivity contribution >= 4 is 28.7 Å². The van der Waals surface area contributed by atoms with E-state index in [1.165, 1.54) is 0 Å². The number of methoxy groups -OCH3 is 2. The summed E-state index contributed by atoms with van der Waals surface area (Å²) in [5.41, 5.74) is 1.18. The van der Waals surface area contributed by atoms with Crippen molar-refractivity contribution in [3.05, 3.63) is 54.1 Å². The molecular formula is C37H44N4O7. The molecule has 2 saturated carbocycles. The van der Waals surface area contributed by atoms with Crippen LogP contribution in [-0.2, 0) is 19.1 Å². The van der Waals surface area contributed by atoms with Gasteiger partial charge in [0, 0.05) is 30.6 Å². The third kappa shape index (κ3) is 6.42. The van der Waals surface area contributed by atoms with Crippen LogP contribution in [0.5, 0.6) is 17.4 Å². The summed E-state index contributed by atoms with van der Waals surface area (Å²) >= 11 is 0. The summed E-state index contributed by atoms with van der Waals surface area (Å²) in [6.45, 7) is 4.51. The number of nitrogens with one attached hydrogen (secondary N) is 1. The number of hydrogen-bond acceptors (Lipinski definition) is 9. The van der Waals surface area contributed by atoms with E-state index < -0.39 is 29.4 Å². The van der Waals surface area contributed by atoms with Crippen molar-refractivity contribution in [1.29, 1.82) is 0 Å². The molecule has 0 saturated heterocycles. The van der Waals surface area contributed by atoms with Gasteiger partial charge in [0.25, 0.3) is 0 Å². The molecule has 2 aromatic carbocycles. The Bertz CT molecular complexity index is 1720. The molecule has 48 heavy (non-hydrogen) atoms. The maximum atomic E-state index is 14.1. The molecule has 1 aromatic heterocycles. The first-order valence-electron chi connectivity index (χ1n) is 16.8. The van der Waals surface area contributed by atoms with E-state index in [0.717, 1.165) is 30.4 Å². The molecule has 5 unspecified atom stereocenters. The van der Waals surface area contributed by atoms with Gasteiger partial charge in [0.2, 0.25) is 17.7 Å². The lowest BCUT2D eigenvalue weighted by molar-refractivity contribution is -0.150. The topological polar surface area (TPSA) is 129 Å². The second kappa shape index (κ2) is 13.8. The van der Waals surface area contributed by atoms with Crippen molar-refractivity contribution in [3.63, 3.8) is 0 Å². The molecule has 0 bridgehead atoms. The van der Waals surface area contributed by atoms with Crippen LogP contribution in [0.15, 0.2) is 48.6 Å². The number of fused-ring (bicyclic) bond motifs is 3. The van der Waals surface area contributed by atoms with Crippen LogP contribution in [0.4, 0.5) is 0 Å². The predicted octanol–water partition coefficient (Wildman–Crippen LogP) is 5.03. The van der Waals surface area contributed by atoms with Crippen molar-refractivity contribution in [2.24, 2.45) is 17.8 Å². The number of carbonyl (C=O) groups excluding carboxylic acids is 3. The summed E-state index contributed by atoms with van der Waals surface area (Å²) in [5.74, 6) is -0.0931. The highest BCUT2D eigenvalue weighted by Gasteiger charge is 2.62. The average molecular weight is 657 g/mol. The normalized spacial score (nSPS) is 26.5. The fourth-order valence-corrected chi connectivity index (χ4v) is 7.06. The second-order valence-electron chi connectivity index (χ2n) is 13.0. The van der Waals surface area contributed by atoms with Gasteiger partial charge in [-0.2, -0.15) is 4.98 Å². The van der Waals surface area contributed by atoms with Gasteiger partial charge in [-0.25, -0.2) is 9.78 Å². The van der Waals surface area contributed by atoms with Gasteiger partial charge in [-0.15, -0.1) is 0 Å². The molecule has 0 radical (unpaired) electrons. The number of ether oxygens (including phenoxy) is 4. The first-order chi connectivity index (χ1) is 23.2. The zero-order chi connectivity index (χ0) is 34.0. The minimum absolute atomic E-state index is 0.0987. The SMILES string of the molecule is CCOC(=O)C12CC1/C=C\CCCCN(C)C(=O)C1CC(Oc3nc(-c4ccc(OC)cc4)nc4c(C)c(OC)ccc34)CC1C(=O)N2. The van der Waals surface area contributed by atoms with E-state index in [4.69, 9.17) is 28.9 Å². The summed E-state index contributed by atoms with van der Waals surface area (Å²) in [5, 5.41) is 3.75.